The molecule has 12 heteroatoms. The van der Waals surface area contributed by atoms with Crippen molar-refractivity contribution in [1.82, 2.24) is 19.7 Å². The minimum Gasteiger partial charge on any atom is -0.300 e. The number of aromatic nitrogens is 3. The van der Waals surface area contributed by atoms with Gasteiger partial charge in [-0.15, -0.1) is 11.3 Å². The Hall–Kier alpha value is -4.29. The second-order valence-electron chi connectivity index (χ2n) is 7.78. The average molecular weight is 519 g/mol. The van der Waals surface area contributed by atoms with Crippen molar-refractivity contribution in [2.24, 2.45) is 12.0 Å². The van der Waals surface area contributed by atoms with Crippen LogP contribution in [0.4, 0.5) is 10.8 Å². The highest BCUT2D eigenvalue weighted by atomic mass is 32.2. The summed E-state index contributed by atoms with van der Waals surface area (Å²) in [7, 11) is 1.82. The Labute approximate surface area is 212 Å². The van der Waals surface area contributed by atoms with Crippen molar-refractivity contribution < 1.29 is 9.72 Å². The van der Waals surface area contributed by atoms with E-state index >= 15 is 0 Å². The van der Waals surface area contributed by atoms with Crippen LogP contribution in [-0.4, -0.2) is 30.3 Å². The van der Waals surface area contributed by atoms with Gasteiger partial charge in [-0.2, -0.15) is 4.99 Å². The monoisotopic (exact) mass is 518 g/mol. The molecule has 36 heavy (non-hydrogen) atoms. The van der Waals surface area contributed by atoms with Gasteiger partial charge in [0.05, 0.1) is 26.8 Å². The van der Waals surface area contributed by atoms with Crippen LogP contribution < -0.4 is 10.9 Å². The number of amides is 1. The van der Waals surface area contributed by atoms with Crippen molar-refractivity contribution in [2.45, 2.75) is 6.92 Å². The molecule has 1 N–H and O–H groups in total. The molecule has 0 aliphatic carbocycles. The number of nitro benzene ring substituents is 1. The molecule has 5 rings (SSSR count). The Morgan fingerprint density at radius 3 is 2.53 bits per heavy atom. The molecule has 1 aliphatic heterocycles. The first-order valence-corrected chi connectivity index (χ1v) is 12.4. The van der Waals surface area contributed by atoms with Crippen LogP contribution in [0.25, 0.3) is 23.0 Å². The molecule has 0 atom stereocenters. The standard InChI is InChI=1S/C24H18N6O4S2/c1-14-20(22(32)29(28(14)2)16-6-4-3-5-7-16)18-13-35-23(25-18)27-24-26-21(31)19(36-24)12-15-8-10-17(11-9-15)30(33)34/h3-13H,1-2H3,(H,25,26,27,31)/b19-12-. The van der Waals surface area contributed by atoms with E-state index in [1.54, 1.807) is 33.0 Å². The molecule has 1 fully saturated rings. The number of carbonyl (C=O) groups is 1. The van der Waals surface area contributed by atoms with Crippen LogP contribution in [0.3, 0.4) is 0 Å². The van der Waals surface area contributed by atoms with Crippen LogP contribution >= 0.6 is 23.1 Å². The lowest BCUT2D eigenvalue weighted by molar-refractivity contribution is -0.384. The first-order chi connectivity index (χ1) is 17.3. The molecule has 2 aromatic heterocycles. The number of nitrogens with zero attached hydrogens (tertiary/aromatic N) is 5. The number of hydrogen-bond acceptors (Lipinski definition) is 8. The summed E-state index contributed by atoms with van der Waals surface area (Å²) in [5, 5.41) is 16.1. The predicted molar refractivity (Wildman–Crippen MR) is 141 cm³/mol. The van der Waals surface area contributed by atoms with Gasteiger partial charge in [0.2, 0.25) is 5.13 Å². The Morgan fingerprint density at radius 2 is 1.83 bits per heavy atom. The maximum Gasteiger partial charge on any atom is 0.281 e. The molecule has 0 bridgehead atoms. The zero-order valence-corrected chi connectivity index (χ0v) is 20.7. The molecular formula is C24H18N6O4S2. The molecule has 0 unspecified atom stereocenters. The quantitative estimate of drug-likeness (QED) is 0.237. The van der Waals surface area contributed by atoms with Crippen molar-refractivity contribution in [3.05, 3.63) is 96.6 Å². The van der Waals surface area contributed by atoms with E-state index in [4.69, 9.17) is 0 Å². The van der Waals surface area contributed by atoms with Gasteiger partial charge < -0.3 is 5.32 Å². The number of thiazole rings is 1. The number of benzene rings is 2. The first-order valence-electron chi connectivity index (χ1n) is 10.7. The van der Waals surface area contributed by atoms with Gasteiger partial charge in [0.25, 0.3) is 17.2 Å². The van der Waals surface area contributed by atoms with Crippen molar-refractivity contribution >= 4 is 51.1 Å². The molecule has 4 aromatic rings. The number of para-hydroxylation sites is 1. The molecule has 1 saturated heterocycles. The van der Waals surface area contributed by atoms with E-state index in [1.165, 1.54) is 23.5 Å². The summed E-state index contributed by atoms with van der Waals surface area (Å²) in [5.74, 6) is -0.321. The Bertz CT molecular complexity index is 1610. The summed E-state index contributed by atoms with van der Waals surface area (Å²) in [6, 6.07) is 15.3. The summed E-state index contributed by atoms with van der Waals surface area (Å²) in [6.45, 7) is 1.86. The van der Waals surface area contributed by atoms with E-state index < -0.39 is 4.92 Å². The van der Waals surface area contributed by atoms with Crippen molar-refractivity contribution in [3.63, 3.8) is 0 Å². The van der Waals surface area contributed by atoms with Gasteiger partial charge in [-0.05, 0) is 54.6 Å². The van der Waals surface area contributed by atoms with E-state index in [9.17, 15) is 19.7 Å². The van der Waals surface area contributed by atoms with E-state index in [0.717, 1.165) is 23.1 Å². The smallest absolute Gasteiger partial charge is 0.281 e. The van der Waals surface area contributed by atoms with Gasteiger partial charge >= 0.3 is 0 Å². The fourth-order valence-corrected chi connectivity index (χ4v) is 5.27. The number of carbonyl (C=O) groups excluding carboxylic acids is 1. The fraction of sp³-hybridized carbons (Fsp3) is 0.0833. The molecular weight excluding hydrogens is 500 g/mol. The lowest BCUT2D eigenvalue weighted by Crippen LogP contribution is -2.20. The number of aliphatic imine (C=N–C) groups is 1. The normalized spacial score (nSPS) is 15.6. The van der Waals surface area contributed by atoms with Crippen LogP contribution in [0.2, 0.25) is 0 Å². The minimum absolute atomic E-state index is 0.0216. The van der Waals surface area contributed by atoms with Gasteiger partial charge in [-0.1, -0.05) is 18.2 Å². The molecule has 0 radical (unpaired) electrons. The zero-order valence-electron chi connectivity index (χ0n) is 19.0. The molecule has 180 valence electrons. The summed E-state index contributed by atoms with van der Waals surface area (Å²) < 4.78 is 3.39. The summed E-state index contributed by atoms with van der Waals surface area (Å²) >= 11 is 2.41. The Morgan fingerprint density at radius 1 is 1.11 bits per heavy atom. The molecule has 10 nitrogen and oxygen atoms in total. The Balaban J connectivity index is 1.40. The lowest BCUT2D eigenvalue weighted by Gasteiger charge is -2.07. The number of hydrogen-bond donors (Lipinski definition) is 1. The van der Waals surface area contributed by atoms with E-state index in [0.29, 0.717) is 32.0 Å². The number of nitrogens with one attached hydrogen (secondary N) is 1. The van der Waals surface area contributed by atoms with E-state index in [1.807, 2.05) is 44.3 Å². The van der Waals surface area contributed by atoms with Crippen LogP contribution in [-0.2, 0) is 11.8 Å². The number of thioether (sulfide) groups is 1. The molecule has 3 heterocycles. The minimum atomic E-state index is -0.477. The van der Waals surface area contributed by atoms with Gasteiger partial charge in [0, 0.05) is 30.3 Å². The first kappa shape index (κ1) is 23.5. The van der Waals surface area contributed by atoms with Crippen LogP contribution in [0.5, 0.6) is 0 Å². The third-order valence-corrected chi connectivity index (χ3v) is 7.20. The van der Waals surface area contributed by atoms with E-state index in [2.05, 4.69) is 15.3 Å². The topological polar surface area (TPSA) is 124 Å². The van der Waals surface area contributed by atoms with Crippen molar-refractivity contribution in [2.75, 3.05) is 0 Å². The third-order valence-electron chi connectivity index (χ3n) is 5.55. The van der Waals surface area contributed by atoms with E-state index in [-0.39, 0.29) is 17.2 Å². The average Bonchev–Trinajstić information content (AvgIpc) is 3.51. The molecule has 1 aliphatic rings. The van der Waals surface area contributed by atoms with Crippen LogP contribution in [0, 0.1) is 17.0 Å². The fourth-order valence-electron chi connectivity index (χ4n) is 3.70. The van der Waals surface area contributed by atoms with Crippen molar-refractivity contribution in [3.8, 4) is 16.9 Å². The maximum absolute atomic E-state index is 13.2. The highest BCUT2D eigenvalue weighted by Crippen LogP contribution is 2.32. The van der Waals surface area contributed by atoms with Gasteiger partial charge in [-0.25, -0.2) is 9.67 Å². The van der Waals surface area contributed by atoms with Gasteiger partial charge in [0.1, 0.15) is 0 Å². The van der Waals surface area contributed by atoms with Crippen molar-refractivity contribution in [1.29, 1.82) is 0 Å². The second-order valence-corrected chi connectivity index (χ2v) is 9.65. The van der Waals surface area contributed by atoms with Crippen LogP contribution in [0.1, 0.15) is 11.3 Å². The SMILES string of the molecule is Cc1c(-c2csc(/N=C3\NC(=O)/C(=C/c4ccc([N+](=O)[O-])cc4)S3)n2)c(=O)n(-c2ccccc2)n1C. The largest absolute Gasteiger partial charge is 0.300 e. The number of rotatable bonds is 5. The van der Waals surface area contributed by atoms with Crippen LogP contribution in [0.15, 0.2) is 74.7 Å². The summed E-state index contributed by atoms with van der Waals surface area (Å²) in [4.78, 5) is 45.4. The highest BCUT2D eigenvalue weighted by Gasteiger charge is 2.25. The number of nitro groups is 1. The molecule has 0 spiro atoms. The zero-order chi connectivity index (χ0) is 25.4. The molecule has 1 amide bonds. The third kappa shape index (κ3) is 4.39. The predicted octanol–water partition coefficient (Wildman–Crippen LogP) is 4.41. The maximum atomic E-state index is 13.2. The Kier molecular flexibility index (Phi) is 6.12. The van der Waals surface area contributed by atoms with Gasteiger partial charge in [0.15, 0.2) is 5.17 Å². The number of non-ortho nitro benzene ring substituents is 1. The number of amidine groups is 1. The second kappa shape index (κ2) is 9.40. The lowest BCUT2D eigenvalue weighted by atomic mass is 10.2. The summed E-state index contributed by atoms with van der Waals surface area (Å²) in [5.41, 5.74) is 2.99. The highest BCUT2D eigenvalue weighted by molar-refractivity contribution is 8.18. The molecule has 0 saturated carbocycles. The summed E-state index contributed by atoms with van der Waals surface area (Å²) in [6.07, 6.45) is 1.64. The molecule has 2 aromatic carbocycles. The van der Waals surface area contributed by atoms with Gasteiger partial charge in [-0.3, -0.25) is 24.4 Å².